The average Bonchev–Trinajstić information content (AvgIpc) is 2.87. The first-order valence-corrected chi connectivity index (χ1v) is 9.69. The van der Waals surface area contributed by atoms with E-state index in [9.17, 15) is 0 Å². The number of rotatable bonds is 1. The largest absolute Gasteiger partial charge is 0.481 e. The van der Waals surface area contributed by atoms with E-state index < -0.39 is 5.97 Å². The standard InChI is InChI=1S/C18H21N3S.C2H4O2/c1-12-11-14-17(13-7-9-21(2)10-8-13)19-15-5-3-4-6-16(15)20-18(14)22-12;1-2(3)4/h3-6,11,13,20H,7-10H2,1-2H3;1H3,(H,3,4). The van der Waals surface area contributed by atoms with Crippen molar-refractivity contribution in [2.75, 3.05) is 25.5 Å². The van der Waals surface area contributed by atoms with Crippen LogP contribution < -0.4 is 5.32 Å². The van der Waals surface area contributed by atoms with E-state index >= 15 is 0 Å². The summed E-state index contributed by atoms with van der Waals surface area (Å²) in [7, 11) is 2.21. The summed E-state index contributed by atoms with van der Waals surface area (Å²) in [6.07, 6.45) is 2.40. The number of benzene rings is 1. The van der Waals surface area contributed by atoms with Crippen molar-refractivity contribution in [1.82, 2.24) is 4.90 Å². The van der Waals surface area contributed by atoms with Gasteiger partial charge in [0.2, 0.25) is 0 Å². The highest BCUT2D eigenvalue weighted by atomic mass is 32.1. The zero-order valence-corrected chi connectivity index (χ0v) is 16.3. The minimum atomic E-state index is -0.833. The molecule has 26 heavy (non-hydrogen) atoms. The maximum absolute atomic E-state index is 9.00. The van der Waals surface area contributed by atoms with Crippen molar-refractivity contribution in [3.8, 4) is 0 Å². The monoisotopic (exact) mass is 371 g/mol. The second kappa shape index (κ2) is 8.01. The van der Waals surface area contributed by atoms with Gasteiger partial charge in [0.05, 0.1) is 17.1 Å². The van der Waals surface area contributed by atoms with Gasteiger partial charge in [-0.1, -0.05) is 12.1 Å². The van der Waals surface area contributed by atoms with Crippen molar-refractivity contribution >= 4 is 39.4 Å². The minimum absolute atomic E-state index is 0.567. The van der Waals surface area contributed by atoms with Gasteiger partial charge in [-0.2, -0.15) is 0 Å². The molecule has 0 saturated carbocycles. The number of thiophene rings is 1. The van der Waals surface area contributed by atoms with Crippen LogP contribution in [0.4, 0.5) is 16.4 Å². The molecule has 0 amide bonds. The minimum Gasteiger partial charge on any atom is -0.481 e. The number of para-hydroxylation sites is 2. The number of carboxylic acid groups (broad SMARTS) is 1. The molecule has 1 aromatic heterocycles. The molecule has 0 unspecified atom stereocenters. The van der Waals surface area contributed by atoms with Crippen molar-refractivity contribution in [1.29, 1.82) is 0 Å². The lowest BCUT2D eigenvalue weighted by Gasteiger charge is -2.29. The molecule has 1 fully saturated rings. The summed E-state index contributed by atoms with van der Waals surface area (Å²) in [5, 5.41) is 12.3. The Morgan fingerprint density at radius 2 is 1.96 bits per heavy atom. The molecule has 0 atom stereocenters. The molecular formula is C20H25N3O2S. The van der Waals surface area contributed by atoms with Crippen LogP contribution >= 0.6 is 11.3 Å². The fourth-order valence-electron chi connectivity index (χ4n) is 3.38. The van der Waals surface area contributed by atoms with Gasteiger partial charge in [-0.3, -0.25) is 9.79 Å². The third kappa shape index (κ3) is 4.31. The van der Waals surface area contributed by atoms with Crippen LogP contribution in [0.15, 0.2) is 35.3 Å². The molecule has 138 valence electrons. The Labute approximate surface area is 158 Å². The van der Waals surface area contributed by atoms with Gasteiger partial charge in [0, 0.05) is 23.3 Å². The summed E-state index contributed by atoms with van der Waals surface area (Å²) in [6.45, 7) is 5.59. The number of fused-ring (bicyclic) bond motifs is 2. The molecule has 1 aromatic carbocycles. The number of aliphatic imine (C=N–C) groups is 1. The summed E-state index contributed by atoms with van der Waals surface area (Å²) in [5.41, 5.74) is 4.78. The van der Waals surface area contributed by atoms with E-state index in [-0.39, 0.29) is 0 Å². The Hall–Kier alpha value is -2.18. The van der Waals surface area contributed by atoms with Crippen LogP contribution in [-0.4, -0.2) is 41.8 Å². The van der Waals surface area contributed by atoms with Gasteiger partial charge >= 0.3 is 0 Å². The van der Waals surface area contributed by atoms with Crippen LogP contribution in [0.5, 0.6) is 0 Å². The number of nitrogens with one attached hydrogen (secondary N) is 1. The van der Waals surface area contributed by atoms with Gasteiger partial charge < -0.3 is 15.3 Å². The topological polar surface area (TPSA) is 64.9 Å². The highest BCUT2D eigenvalue weighted by Gasteiger charge is 2.27. The SMILES string of the molecule is CC(=O)O.Cc1cc2c(s1)Nc1ccccc1N=C2C1CCN(C)CC1. The second-order valence-corrected chi connectivity index (χ2v) is 8.09. The predicted octanol–water partition coefficient (Wildman–Crippen LogP) is 4.67. The third-order valence-corrected chi connectivity index (χ3v) is 5.60. The molecule has 2 aliphatic heterocycles. The number of aliphatic carboxylic acids is 1. The van der Waals surface area contributed by atoms with Gasteiger partial charge in [0.1, 0.15) is 5.00 Å². The first-order valence-electron chi connectivity index (χ1n) is 8.87. The van der Waals surface area contributed by atoms with E-state index in [1.165, 1.54) is 34.0 Å². The molecule has 6 heteroatoms. The highest BCUT2D eigenvalue weighted by Crippen LogP contribution is 2.40. The van der Waals surface area contributed by atoms with Crippen molar-refractivity contribution in [2.24, 2.45) is 10.9 Å². The smallest absolute Gasteiger partial charge is 0.300 e. The lowest BCUT2D eigenvalue weighted by Crippen LogP contribution is -2.33. The van der Waals surface area contributed by atoms with E-state index in [4.69, 9.17) is 14.9 Å². The summed E-state index contributed by atoms with van der Waals surface area (Å²) < 4.78 is 0. The Morgan fingerprint density at radius 1 is 1.31 bits per heavy atom. The van der Waals surface area contributed by atoms with Gasteiger partial charge in [-0.25, -0.2) is 0 Å². The van der Waals surface area contributed by atoms with Crippen molar-refractivity contribution < 1.29 is 9.90 Å². The average molecular weight is 372 g/mol. The Bertz CT molecular complexity index is 816. The molecule has 2 aromatic rings. The normalized spacial score (nSPS) is 17.0. The molecular weight excluding hydrogens is 346 g/mol. The molecule has 0 aliphatic carbocycles. The number of nitrogens with zero attached hydrogens (tertiary/aromatic N) is 2. The first-order chi connectivity index (χ1) is 12.4. The van der Waals surface area contributed by atoms with Gasteiger partial charge in [-0.05, 0) is 58.1 Å². The number of hydrogen-bond acceptors (Lipinski definition) is 5. The highest BCUT2D eigenvalue weighted by molar-refractivity contribution is 7.16. The number of carboxylic acids is 1. The van der Waals surface area contributed by atoms with Gasteiger partial charge in [-0.15, -0.1) is 11.3 Å². The molecule has 1 saturated heterocycles. The van der Waals surface area contributed by atoms with Crippen LogP contribution in [0.2, 0.25) is 0 Å². The maximum atomic E-state index is 9.00. The van der Waals surface area contributed by atoms with Gasteiger partial charge in [0.15, 0.2) is 0 Å². The fraction of sp³-hybridized carbons (Fsp3) is 0.400. The summed E-state index contributed by atoms with van der Waals surface area (Å²) >= 11 is 1.83. The van der Waals surface area contributed by atoms with Crippen molar-refractivity contribution in [2.45, 2.75) is 26.7 Å². The number of piperidine rings is 1. The molecule has 2 N–H and O–H groups in total. The zero-order valence-electron chi connectivity index (χ0n) is 15.5. The number of aryl methyl sites for hydroxylation is 1. The second-order valence-electron chi connectivity index (χ2n) is 6.84. The Kier molecular flexibility index (Phi) is 5.74. The van der Waals surface area contributed by atoms with E-state index in [2.05, 4.69) is 54.5 Å². The predicted molar refractivity (Wildman–Crippen MR) is 109 cm³/mol. The van der Waals surface area contributed by atoms with Gasteiger partial charge in [0.25, 0.3) is 5.97 Å². The molecule has 0 radical (unpaired) electrons. The Balaban J connectivity index is 0.000000447. The van der Waals surface area contributed by atoms with E-state index in [0.29, 0.717) is 5.92 Å². The third-order valence-electron chi connectivity index (χ3n) is 4.63. The number of hydrogen-bond donors (Lipinski definition) is 2. The quantitative estimate of drug-likeness (QED) is 0.765. The van der Waals surface area contributed by atoms with Crippen LogP contribution in [0.3, 0.4) is 0 Å². The van der Waals surface area contributed by atoms with Crippen LogP contribution in [0, 0.1) is 12.8 Å². The van der Waals surface area contributed by atoms with Crippen molar-refractivity contribution in [3.63, 3.8) is 0 Å². The Morgan fingerprint density at radius 3 is 2.65 bits per heavy atom. The molecule has 3 heterocycles. The fourth-order valence-corrected chi connectivity index (χ4v) is 4.31. The van der Waals surface area contributed by atoms with E-state index in [1.54, 1.807) is 0 Å². The molecule has 2 aliphatic rings. The van der Waals surface area contributed by atoms with Crippen LogP contribution in [-0.2, 0) is 4.79 Å². The van der Waals surface area contributed by atoms with Crippen molar-refractivity contribution in [3.05, 3.63) is 40.8 Å². The summed E-state index contributed by atoms with van der Waals surface area (Å²) in [5.74, 6) is -0.267. The number of likely N-dealkylation sites (tertiary alicyclic amines) is 1. The molecule has 0 bridgehead atoms. The molecule has 0 spiro atoms. The zero-order chi connectivity index (χ0) is 18.7. The number of anilines is 2. The summed E-state index contributed by atoms with van der Waals surface area (Å²) in [4.78, 5) is 17.8. The lowest BCUT2D eigenvalue weighted by atomic mass is 9.88. The van der Waals surface area contributed by atoms with Crippen LogP contribution in [0.25, 0.3) is 0 Å². The van der Waals surface area contributed by atoms with Crippen LogP contribution in [0.1, 0.15) is 30.2 Å². The first kappa shape index (κ1) is 18.6. The maximum Gasteiger partial charge on any atom is 0.300 e. The van der Waals surface area contributed by atoms with E-state index in [0.717, 1.165) is 31.4 Å². The summed E-state index contributed by atoms with van der Waals surface area (Å²) in [6, 6.07) is 10.7. The number of carbonyl (C=O) groups is 1. The van der Waals surface area contributed by atoms with E-state index in [1.807, 2.05) is 11.3 Å². The lowest BCUT2D eigenvalue weighted by molar-refractivity contribution is -0.134. The molecule has 4 rings (SSSR count). The molecule has 5 nitrogen and oxygen atoms in total.